The molecule has 1 amide bonds. The number of esters is 1. The number of nitrogens with zero attached hydrogens (tertiary/aromatic N) is 2. The number of carbonyl (C=O) groups is 2. The number of amides is 1. The highest BCUT2D eigenvalue weighted by atomic mass is 16.7. The summed E-state index contributed by atoms with van der Waals surface area (Å²) in [4.78, 5) is 32.0. The lowest BCUT2D eigenvalue weighted by molar-refractivity contribution is -0.139. The Bertz CT molecular complexity index is 574. The summed E-state index contributed by atoms with van der Waals surface area (Å²) >= 11 is 0. The molecule has 1 spiro atoms. The molecule has 6 heteroatoms. The zero-order chi connectivity index (χ0) is 17.4. The second-order valence-corrected chi connectivity index (χ2v) is 8.21. The van der Waals surface area contributed by atoms with E-state index >= 15 is 0 Å². The minimum atomic E-state index is -0.413. The zero-order valence-corrected chi connectivity index (χ0v) is 15.0. The van der Waals surface area contributed by atoms with Crippen molar-refractivity contribution in [2.75, 3.05) is 20.2 Å². The highest BCUT2D eigenvalue weighted by Crippen LogP contribution is 2.50. The van der Waals surface area contributed by atoms with Crippen molar-refractivity contribution in [2.24, 2.45) is 22.9 Å². The Morgan fingerprint density at radius 2 is 1.92 bits per heavy atom. The van der Waals surface area contributed by atoms with Crippen molar-refractivity contribution in [2.45, 2.75) is 63.4 Å². The molecule has 0 aromatic rings. The molecular weight excluding hydrogens is 320 g/mol. The summed E-state index contributed by atoms with van der Waals surface area (Å²) in [5.41, 5.74) is -0.0473. The molecule has 2 saturated carbocycles. The van der Waals surface area contributed by atoms with E-state index in [2.05, 4.69) is 5.16 Å². The first-order chi connectivity index (χ1) is 12.1. The van der Waals surface area contributed by atoms with Crippen molar-refractivity contribution in [3.63, 3.8) is 0 Å². The molecule has 0 unspecified atom stereocenters. The zero-order valence-electron chi connectivity index (χ0n) is 15.0. The van der Waals surface area contributed by atoms with Gasteiger partial charge in [0.05, 0.1) is 7.11 Å². The van der Waals surface area contributed by atoms with E-state index in [0.29, 0.717) is 37.0 Å². The van der Waals surface area contributed by atoms with Crippen LogP contribution in [0.4, 0.5) is 0 Å². The minimum absolute atomic E-state index is 0.267. The van der Waals surface area contributed by atoms with Gasteiger partial charge in [-0.3, -0.25) is 4.79 Å². The average molecular weight is 348 g/mol. The van der Waals surface area contributed by atoms with Gasteiger partial charge in [-0.15, -0.1) is 0 Å². The van der Waals surface area contributed by atoms with Crippen LogP contribution in [0, 0.1) is 17.8 Å². The highest BCUT2D eigenvalue weighted by molar-refractivity contribution is 6.36. The largest absolute Gasteiger partial charge is 0.464 e. The van der Waals surface area contributed by atoms with E-state index in [0.717, 1.165) is 25.2 Å². The van der Waals surface area contributed by atoms with E-state index in [4.69, 9.17) is 9.57 Å². The molecule has 2 aliphatic heterocycles. The van der Waals surface area contributed by atoms with Crippen molar-refractivity contribution in [1.82, 2.24) is 4.90 Å². The SMILES string of the molecule is COC(=O)C1=NOC2(CCN(C(=O)[C@H]3C[C@H]3C3CCCCC3)CC2)C1. The number of carbonyl (C=O) groups excluding carboxylic acids is 2. The van der Waals surface area contributed by atoms with Crippen LogP contribution < -0.4 is 0 Å². The Morgan fingerprint density at radius 1 is 1.20 bits per heavy atom. The molecule has 2 aliphatic carbocycles. The first-order valence-electron chi connectivity index (χ1n) is 9.74. The quantitative estimate of drug-likeness (QED) is 0.735. The number of hydrogen-bond acceptors (Lipinski definition) is 5. The van der Waals surface area contributed by atoms with Crippen LogP contribution in [0.3, 0.4) is 0 Å². The fraction of sp³-hybridized carbons (Fsp3) is 0.842. The molecule has 2 heterocycles. The maximum Gasteiger partial charge on any atom is 0.355 e. The predicted molar refractivity (Wildman–Crippen MR) is 91.9 cm³/mol. The molecule has 6 nitrogen and oxygen atoms in total. The Kier molecular flexibility index (Phi) is 4.46. The fourth-order valence-electron chi connectivity index (χ4n) is 4.97. The van der Waals surface area contributed by atoms with Crippen molar-refractivity contribution in [1.29, 1.82) is 0 Å². The van der Waals surface area contributed by atoms with E-state index in [1.54, 1.807) is 0 Å². The Hall–Kier alpha value is -1.59. The Labute approximate surface area is 148 Å². The van der Waals surface area contributed by atoms with Gasteiger partial charge in [-0.25, -0.2) is 4.79 Å². The molecule has 25 heavy (non-hydrogen) atoms. The molecule has 0 bridgehead atoms. The van der Waals surface area contributed by atoms with Gasteiger partial charge in [-0.2, -0.15) is 0 Å². The summed E-state index contributed by atoms with van der Waals surface area (Å²) in [6, 6.07) is 0. The molecule has 4 rings (SSSR count). The van der Waals surface area contributed by atoms with Gasteiger partial charge in [0.25, 0.3) is 0 Å². The van der Waals surface area contributed by atoms with Crippen LogP contribution >= 0.6 is 0 Å². The lowest BCUT2D eigenvalue weighted by Gasteiger charge is -2.37. The van der Waals surface area contributed by atoms with E-state index < -0.39 is 11.6 Å². The van der Waals surface area contributed by atoms with Crippen LogP contribution in [0.1, 0.15) is 57.8 Å². The summed E-state index contributed by atoms with van der Waals surface area (Å²) in [5.74, 6) is 1.62. The van der Waals surface area contributed by atoms with Gasteiger partial charge in [-0.1, -0.05) is 37.3 Å². The van der Waals surface area contributed by atoms with Gasteiger partial charge >= 0.3 is 5.97 Å². The van der Waals surface area contributed by atoms with Crippen LogP contribution in [0.15, 0.2) is 5.16 Å². The molecule has 0 N–H and O–H groups in total. The molecule has 138 valence electrons. The molecule has 4 aliphatic rings. The van der Waals surface area contributed by atoms with E-state index in [1.807, 2.05) is 4.90 Å². The third kappa shape index (κ3) is 3.27. The van der Waals surface area contributed by atoms with Gasteiger partial charge in [-0.05, 0) is 18.3 Å². The van der Waals surface area contributed by atoms with Crippen LogP contribution in [0.5, 0.6) is 0 Å². The van der Waals surface area contributed by atoms with Crippen LogP contribution in [0.2, 0.25) is 0 Å². The summed E-state index contributed by atoms with van der Waals surface area (Å²) in [6.45, 7) is 1.41. The minimum Gasteiger partial charge on any atom is -0.464 e. The van der Waals surface area contributed by atoms with E-state index in [1.165, 1.54) is 39.2 Å². The lowest BCUT2D eigenvalue weighted by Crippen LogP contribution is -2.47. The molecule has 0 aromatic heterocycles. The second-order valence-electron chi connectivity index (χ2n) is 8.21. The smallest absolute Gasteiger partial charge is 0.355 e. The number of methoxy groups -OCH3 is 1. The maximum absolute atomic E-state index is 12.8. The number of oxime groups is 1. The summed E-state index contributed by atoms with van der Waals surface area (Å²) in [7, 11) is 1.36. The number of piperidine rings is 1. The highest BCUT2D eigenvalue weighted by Gasteiger charge is 2.51. The first-order valence-corrected chi connectivity index (χ1v) is 9.74. The predicted octanol–water partition coefficient (Wildman–Crippen LogP) is 2.51. The number of likely N-dealkylation sites (tertiary alicyclic amines) is 1. The lowest BCUT2D eigenvalue weighted by atomic mass is 9.84. The second kappa shape index (κ2) is 6.61. The van der Waals surface area contributed by atoms with Crippen molar-refractivity contribution < 1.29 is 19.2 Å². The van der Waals surface area contributed by atoms with E-state index in [9.17, 15) is 9.59 Å². The van der Waals surface area contributed by atoms with Gasteiger partial charge < -0.3 is 14.5 Å². The van der Waals surface area contributed by atoms with Crippen LogP contribution in [-0.4, -0.2) is 48.3 Å². The van der Waals surface area contributed by atoms with Crippen molar-refractivity contribution in [3.8, 4) is 0 Å². The van der Waals surface area contributed by atoms with Crippen LogP contribution in [-0.2, 0) is 19.2 Å². The molecule has 1 saturated heterocycles. The third-order valence-electron chi connectivity index (χ3n) is 6.66. The van der Waals surface area contributed by atoms with Crippen molar-refractivity contribution >= 4 is 17.6 Å². The summed E-state index contributed by atoms with van der Waals surface area (Å²) < 4.78 is 4.72. The molecule has 2 atom stereocenters. The molecule has 3 fully saturated rings. The maximum atomic E-state index is 12.8. The van der Waals surface area contributed by atoms with Gasteiger partial charge in [0.15, 0.2) is 5.71 Å². The Morgan fingerprint density at radius 3 is 2.60 bits per heavy atom. The topological polar surface area (TPSA) is 68.2 Å². The summed E-state index contributed by atoms with van der Waals surface area (Å²) in [6.07, 6.45) is 9.76. The summed E-state index contributed by atoms with van der Waals surface area (Å²) in [5, 5.41) is 3.91. The average Bonchev–Trinajstić information content (AvgIpc) is 3.37. The number of rotatable bonds is 3. The normalized spacial score (nSPS) is 31.4. The molecule has 0 aromatic carbocycles. The van der Waals surface area contributed by atoms with Gasteiger partial charge in [0, 0.05) is 38.3 Å². The standard InChI is InChI=1S/C19H28N2O4/c1-24-18(23)16-12-19(25-20-16)7-9-21(10-8-19)17(22)15-11-14(15)13-5-3-2-4-6-13/h13-15H,2-12H2,1H3/t14-,15-/m0/s1. The Balaban J connectivity index is 1.27. The van der Waals surface area contributed by atoms with Gasteiger partial charge in [0.1, 0.15) is 5.60 Å². The molecular formula is C19H28N2O4. The molecule has 0 radical (unpaired) electrons. The van der Waals surface area contributed by atoms with Crippen LogP contribution in [0.25, 0.3) is 0 Å². The van der Waals surface area contributed by atoms with Gasteiger partial charge in [0.2, 0.25) is 5.91 Å². The van der Waals surface area contributed by atoms with E-state index in [-0.39, 0.29) is 5.92 Å². The third-order valence-corrected chi connectivity index (χ3v) is 6.66. The van der Waals surface area contributed by atoms with Crippen molar-refractivity contribution in [3.05, 3.63) is 0 Å². The number of ether oxygens (including phenoxy) is 1. The fourth-order valence-corrected chi connectivity index (χ4v) is 4.97. The first kappa shape index (κ1) is 16.9. The number of hydrogen-bond donors (Lipinski definition) is 0. The monoisotopic (exact) mass is 348 g/mol.